The summed E-state index contributed by atoms with van der Waals surface area (Å²) in [6.45, 7) is 0.590. The Bertz CT molecular complexity index is 1050. The number of nitrogens with two attached hydrogens (primary N) is 2. The maximum Gasteiger partial charge on any atom is 0.227 e. The van der Waals surface area contributed by atoms with E-state index in [-0.39, 0.29) is 0 Å². The third-order valence-electron chi connectivity index (χ3n) is 7.00. The number of aromatic nitrogens is 4. The Morgan fingerprint density at radius 2 is 1.75 bits per heavy atom. The van der Waals surface area contributed by atoms with E-state index in [1.807, 2.05) is 30.6 Å². The average Bonchev–Trinajstić information content (AvgIpc) is 3.25. The molecule has 170 valence electrons. The molecular formula is C24H34N8. The fraction of sp³-hybridized carbons (Fsp3) is 0.542. The Morgan fingerprint density at radius 3 is 2.53 bits per heavy atom. The highest BCUT2D eigenvalue weighted by Crippen LogP contribution is 2.32. The van der Waals surface area contributed by atoms with Crippen LogP contribution in [0.25, 0.3) is 11.2 Å². The van der Waals surface area contributed by atoms with Gasteiger partial charge in [-0.05, 0) is 50.2 Å². The molecule has 0 saturated heterocycles. The van der Waals surface area contributed by atoms with E-state index in [4.69, 9.17) is 26.4 Å². The van der Waals surface area contributed by atoms with Crippen LogP contribution in [0.1, 0.15) is 69.4 Å². The molecule has 2 saturated carbocycles. The lowest BCUT2D eigenvalue weighted by Crippen LogP contribution is -2.33. The van der Waals surface area contributed by atoms with Crippen LogP contribution >= 0.6 is 0 Å². The molecule has 0 radical (unpaired) electrons. The van der Waals surface area contributed by atoms with E-state index in [0.717, 1.165) is 53.9 Å². The zero-order valence-electron chi connectivity index (χ0n) is 18.6. The van der Waals surface area contributed by atoms with Gasteiger partial charge in [0.2, 0.25) is 5.95 Å². The van der Waals surface area contributed by atoms with Gasteiger partial charge in [-0.25, -0.2) is 4.98 Å². The number of para-hydroxylation sites is 1. The first-order chi connectivity index (χ1) is 15.7. The van der Waals surface area contributed by atoms with Crippen molar-refractivity contribution < 1.29 is 0 Å². The number of fused-ring (bicyclic) bond motifs is 1. The predicted molar refractivity (Wildman–Crippen MR) is 129 cm³/mol. The van der Waals surface area contributed by atoms with Gasteiger partial charge >= 0.3 is 0 Å². The maximum absolute atomic E-state index is 6.15. The number of benzene rings is 1. The van der Waals surface area contributed by atoms with Gasteiger partial charge in [0.1, 0.15) is 0 Å². The minimum atomic E-state index is 0.317. The lowest BCUT2D eigenvalue weighted by atomic mass is 9.92. The molecule has 5 rings (SSSR count). The van der Waals surface area contributed by atoms with E-state index < -0.39 is 0 Å². The molecular weight excluding hydrogens is 400 g/mol. The van der Waals surface area contributed by atoms with E-state index in [0.29, 0.717) is 30.6 Å². The Balaban J connectivity index is 1.45. The summed E-state index contributed by atoms with van der Waals surface area (Å²) in [5.41, 5.74) is 15.8. The average molecular weight is 435 g/mol. The Hall–Kier alpha value is -2.87. The van der Waals surface area contributed by atoms with Crippen molar-refractivity contribution in [3.63, 3.8) is 0 Å². The minimum absolute atomic E-state index is 0.317. The number of nitrogens with zero attached hydrogens (tertiary/aromatic N) is 4. The molecule has 8 nitrogen and oxygen atoms in total. The normalized spacial score (nSPS) is 22.2. The summed E-state index contributed by atoms with van der Waals surface area (Å²) >= 11 is 0. The van der Waals surface area contributed by atoms with Crippen molar-refractivity contribution in [2.24, 2.45) is 5.73 Å². The fourth-order valence-electron chi connectivity index (χ4n) is 5.05. The number of rotatable bonds is 6. The van der Waals surface area contributed by atoms with Gasteiger partial charge in [-0.3, -0.25) is 0 Å². The van der Waals surface area contributed by atoms with Crippen LogP contribution in [0.2, 0.25) is 0 Å². The molecule has 0 amide bonds. The highest BCUT2D eigenvalue weighted by atomic mass is 15.2. The number of nitrogens with one attached hydrogen (secondary N) is 2. The summed E-state index contributed by atoms with van der Waals surface area (Å²) in [6, 6.07) is 9.04. The number of anilines is 3. The molecule has 2 aliphatic rings. The monoisotopic (exact) mass is 434 g/mol. The van der Waals surface area contributed by atoms with Gasteiger partial charge in [0.15, 0.2) is 17.0 Å². The number of hydrogen-bond acceptors (Lipinski definition) is 7. The standard InChI is InChI=1S/C24H34N8/c25-17-10-12-18(13-11-17)29-24-30-22(27-14-16-6-4-5-9-20(16)26)21-23(31-24)32(15-28-21)19-7-2-1-3-8-19/h4-6,9,15,17-19H,1-3,7-8,10-14,25-26H2,(H2,27,29,30,31). The highest BCUT2D eigenvalue weighted by molar-refractivity contribution is 5.84. The molecule has 2 aliphatic carbocycles. The molecule has 6 N–H and O–H groups in total. The van der Waals surface area contributed by atoms with Gasteiger partial charge in [0.25, 0.3) is 0 Å². The summed E-state index contributed by atoms with van der Waals surface area (Å²) in [5, 5.41) is 7.06. The van der Waals surface area contributed by atoms with Crippen molar-refractivity contribution in [1.29, 1.82) is 0 Å². The van der Waals surface area contributed by atoms with Crippen molar-refractivity contribution in [3.8, 4) is 0 Å². The Labute approximate surface area is 189 Å². The number of nitrogen functional groups attached to an aromatic ring is 1. The Kier molecular flexibility index (Phi) is 6.12. The SMILES string of the molecule is Nc1ccccc1CNc1nc(NC2CCC(N)CC2)nc2c1ncn2C1CCCCC1. The van der Waals surface area contributed by atoms with Crippen molar-refractivity contribution in [3.05, 3.63) is 36.2 Å². The molecule has 1 aromatic carbocycles. The van der Waals surface area contributed by atoms with Gasteiger partial charge in [-0.15, -0.1) is 0 Å². The van der Waals surface area contributed by atoms with E-state index >= 15 is 0 Å². The second kappa shape index (κ2) is 9.32. The fourth-order valence-corrected chi connectivity index (χ4v) is 5.05. The van der Waals surface area contributed by atoms with Crippen LogP contribution < -0.4 is 22.1 Å². The molecule has 2 heterocycles. The molecule has 0 spiro atoms. The maximum atomic E-state index is 6.15. The van der Waals surface area contributed by atoms with E-state index in [9.17, 15) is 0 Å². The summed E-state index contributed by atoms with van der Waals surface area (Å²) < 4.78 is 2.26. The van der Waals surface area contributed by atoms with E-state index in [1.54, 1.807) is 0 Å². The second-order valence-electron chi connectivity index (χ2n) is 9.32. The molecule has 0 unspecified atom stereocenters. The third-order valence-corrected chi connectivity index (χ3v) is 7.00. The lowest BCUT2D eigenvalue weighted by molar-refractivity contribution is 0.358. The van der Waals surface area contributed by atoms with Crippen LogP contribution in [-0.2, 0) is 6.54 Å². The quantitative estimate of drug-likeness (QED) is 0.429. The van der Waals surface area contributed by atoms with Crippen molar-refractivity contribution >= 4 is 28.6 Å². The van der Waals surface area contributed by atoms with Gasteiger partial charge in [-0.2, -0.15) is 9.97 Å². The van der Waals surface area contributed by atoms with Crippen LogP contribution in [-0.4, -0.2) is 31.6 Å². The van der Waals surface area contributed by atoms with Gasteiger partial charge in [0.05, 0.1) is 6.33 Å². The minimum Gasteiger partial charge on any atom is -0.398 e. The molecule has 3 aromatic rings. The van der Waals surface area contributed by atoms with Crippen LogP contribution in [0.4, 0.5) is 17.5 Å². The molecule has 0 bridgehead atoms. The van der Waals surface area contributed by atoms with Crippen molar-refractivity contribution in [2.75, 3.05) is 16.4 Å². The third kappa shape index (κ3) is 4.50. The topological polar surface area (TPSA) is 120 Å². The smallest absolute Gasteiger partial charge is 0.227 e. The zero-order valence-corrected chi connectivity index (χ0v) is 18.6. The van der Waals surface area contributed by atoms with Gasteiger partial charge in [0, 0.05) is 30.4 Å². The summed E-state index contributed by atoms with van der Waals surface area (Å²) in [7, 11) is 0. The molecule has 2 aromatic heterocycles. The highest BCUT2D eigenvalue weighted by Gasteiger charge is 2.23. The predicted octanol–water partition coefficient (Wildman–Crippen LogP) is 4.21. The van der Waals surface area contributed by atoms with Crippen molar-refractivity contribution in [2.45, 2.75) is 82.5 Å². The second-order valence-corrected chi connectivity index (χ2v) is 9.32. The first-order valence-electron chi connectivity index (χ1n) is 12.0. The van der Waals surface area contributed by atoms with Gasteiger partial charge < -0.3 is 26.7 Å². The summed E-state index contributed by atoms with van der Waals surface area (Å²) in [4.78, 5) is 14.5. The molecule has 2 fully saturated rings. The van der Waals surface area contributed by atoms with E-state index in [1.165, 1.54) is 32.1 Å². The van der Waals surface area contributed by atoms with Crippen LogP contribution in [0.5, 0.6) is 0 Å². The van der Waals surface area contributed by atoms with Gasteiger partial charge in [-0.1, -0.05) is 37.5 Å². The van der Waals surface area contributed by atoms with Crippen LogP contribution in [0, 0.1) is 0 Å². The lowest BCUT2D eigenvalue weighted by Gasteiger charge is -2.27. The largest absolute Gasteiger partial charge is 0.398 e. The summed E-state index contributed by atoms with van der Waals surface area (Å²) in [5.74, 6) is 1.42. The Morgan fingerprint density at radius 1 is 0.969 bits per heavy atom. The summed E-state index contributed by atoms with van der Waals surface area (Å²) in [6.07, 6.45) is 12.3. The molecule has 0 aliphatic heterocycles. The van der Waals surface area contributed by atoms with Crippen molar-refractivity contribution in [1.82, 2.24) is 19.5 Å². The van der Waals surface area contributed by atoms with Crippen LogP contribution in [0.15, 0.2) is 30.6 Å². The zero-order chi connectivity index (χ0) is 21.9. The number of imidazole rings is 1. The first-order valence-corrected chi connectivity index (χ1v) is 12.0. The number of hydrogen-bond donors (Lipinski definition) is 4. The molecule has 32 heavy (non-hydrogen) atoms. The first kappa shape index (κ1) is 21.0. The molecule has 8 heteroatoms. The van der Waals surface area contributed by atoms with E-state index in [2.05, 4.69) is 15.2 Å². The van der Waals surface area contributed by atoms with Crippen LogP contribution in [0.3, 0.4) is 0 Å². The molecule has 0 atom stereocenters.